The van der Waals surface area contributed by atoms with Gasteiger partial charge in [0.2, 0.25) is 0 Å². The number of carbonyl (C=O) groups is 2. The summed E-state index contributed by atoms with van der Waals surface area (Å²) in [6.45, 7) is 4.56. The molecular weight excluding hydrogens is 388 g/mol. The lowest BCUT2D eigenvalue weighted by molar-refractivity contribution is -0.147. The highest BCUT2D eigenvalue weighted by Crippen LogP contribution is 2.25. The monoisotopic (exact) mass is 424 g/mol. The first-order chi connectivity index (χ1) is 14.0. The highest BCUT2D eigenvalue weighted by atomic mass is 35.5. The van der Waals surface area contributed by atoms with E-state index in [-0.39, 0.29) is 18.8 Å². The van der Waals surface area contributed by atoms with Gasteiger partial charge in [0.1, 0.15) is 5.75 Å². The van der Waals surface area contributed by atoms with Gasteiger partial charge in [0, 0.05) is 0 Å². The third-order valence-corrected chi connectivity index (χ3v) is 5.17. The topological polar surface area (TPSA) is 52.6 Å². The van der Waals surface area contributed by atoms with Gasteiger partial charge in [0.05, 0.1) is 24.5 Å². The maximum Gasteiger partial charge on any atom is 0.311 e. The minimum absolute atomic E-state index is 0.0125. The zero-order valence-electron chi connectivity index (χ0n) is 18.1. The molecule has 0 bridgehead atoms. The molecule has 0 heterocycles. The molecule has 29 heavy (non-hydrogen) atoms. The van der Waals surface area contributed by atoms with E-state index in [1.807, 2.05) is 13.0 Å². The second-order valence-electron chi connectivity index (χ2n) is 7.66. The molecular formula is C24H37ClO4. The quantitative estimate of drug-likeness (QED) is 0.160. The van der Waals surface area contributed by atoms with Gasteiger partial charge in [-0.15, -0.1) is 0 Å². The molecule has 0 spiro atoms. The van der Waals surface area contributed by atoms with Gasteiger partial charge < -0.3 is 9.47 Å². The molecule has 0 aromatic heterocycles. The number of hydrogen-bond donors (Lipinski definition) is 0. The second-order valence-corrected chi connectivity index (χ2v) is 8.07. The van der Waals surface area contributed by atoms with E-state index in [0.29, 0.717) is 17.4 Å². The first kappa shape index (κ1) is 25.5. The summed E-state index contributed by atoms with van der Waals surface area (Å²) < 4.78 is 10.4. The molecule has 0 fully saturated rings. The summed E-state index contributed by atoms with van der Waals surface area (Å²) in [5.41, 5.74) is 0.948. The third-order valence-electron chi connectivity index (χ3n) is 4.85. The van der Waals surface area contributed by atoms with Crippen LogP contribution in [0.4, 0.5) is 0 Å². The number of esters is 2. The van der Waals surface area contributed by atoms with E-state index in [1.165, 1.54) is 57.8 Å². The summed E-state index contributed by atoms with van der Waals surface area (Å²) in [6, 6.07) is 5.22. The smallest absolute Gasteiger partial charge is 0.311 e. The summed E-state index contributed by atoms with van der Waals surface area (Å²) in [4.78, 5) is 23.6. The van der Waals surface area contributed by atoms with Gasteiger partial charge in [-0.3, -0.25) is 9.59 Å². The van der Waals surface area contributed by atoms with Crippen molar-refractivity contribution < 1.29 is 19.1 Å². The number of benzene rings is 1. The summed E-state index contributed by atoms with van der Waals surface area (Å²) in [5, 5.41) is 0.378. The molecule has 1 aromatic rings. The van der Waals surface area contributed by atoms with Crippen molar-refractivity contribution in [3.63, 3.8) is 0 Å². The first-order valence-electron chi connectivity index (χ1n) is 11.2. The van der Waals surface area contributed by atoms with Crippen LogP contribution < -0.4 is 4.74 Å². The molecule has 5 heteroatoms. The Kier molecular flexibility index (Phi) is 14.3. The minimum atomic E-state index is -0.482. The summed E-state index contributed by atoms with van der Waals surface area (Å²) in [7, 11) is 0. The number of ether oxygens (including phenoxy) is 2. The van der Waals surface area contributed by atoms with Crippen LogP contribution in [-0.2, 0) is 14.3 Å². The Hall–Kier alpha value is -1.55. The number of hydrogen-bond acceptors (Lipinski definition) is 4. The van der Waals surface area contributed by atoms with Gasteiger partial charge >= 0.3 is 11.9 Å². The van der Waals surface area contributed by atoms with Gasteiger partial charge in [-0.25, -0.2) is 0 Å². The largest absolute Gasteiger partial charge is 0.466 e. The van der Waals surface area contributed by atoms with Crippen molar-refractivity contribution >= 4 is 23.5 Å². The van der Waals surface area contributed by atoms with E-state index in [1.54, 1.807) is 12.1 Å². The van der Waals surface area contributed by atoms with Crippen LogP contribution in [-0.4, -0.2) is 18.5 Å². The van der Waals surface area contributed by atoms with Crippen molar-refractivity contribution in [2.45, 2.75) is 97.3 Å². The Bertz CT molecular complexity index is 601. The SMILES string of the molecule is CCCCCCCCCCCCCOC(=O)CCC(=O)Oc1cc(C)ccc1Cl. The van der Waals surface area contributed by atoms with Gasteiger partial charge in [0.15, 0.2) is 0 Å². The van der Waals surface area contributed by atoms with Gasteiger partial charge in [-0.05, 0) is 31.0 Å². The van der Waals surface area contributed by atoms with Crippen LogP contribution in [0, 0.1) is 6.92 Å². The fraction of sp³-hybridized carbons (Fsp3) is 0.667. The molecule has 0 radical (unpaired) electrons. The van der Waals surface area contributed by atoms with Crippen LogP contribution in [0.3, 0.4) is 0 Å². The molecule has 0 saturated carbocycles. The Labute approximate surface area is 181 Å². The third kappa shape index (κ3) is 13.3. The molecule has 0 aliphatic heterocycles. The molecule has 1 rings (SSSR count). The van der Waals surface area contributed by atoms with Crippen LogP contribution in [0.2, 0.25) is 5.02 Å². The number of aryl methyl sites for hydroxylation is 1. The van der Waals surface area contributed by atoms with Crippen LogP contribution in [0.5, 0.6) is 5.75 Å². The number of carbonyl (C=O) groups excluding carboxylic acids is 2. The van der Waals surface area contributed by atoms with Gasteiger partial charge in [-0.2, -0.15) is 0 Å². The Balaban J connectivity index is 1.97. The number of halogens is 1. The van der Waals surface area contributed by atoms with Crippen molar-refractivity contribution in [3.8, 4) is 5.75 Å². The molecule has 1 aromatic carbocycles. The van der Waals surface area contributed by atoms with E-state index in [9.17, 15) is 9.59 Å². The molecule has 4 nitrogen and oxygen atoms in total. The predicted octanol–water partition coefficient (Wildman–Crippen LogP) is 7.19. The summed E-state index contributed by atoms with van der Waals surface area (Å²) in [6.07, 6.45) is 13.8. The van der Waals surface area contributed by atoms with Crippen molar-refractivity contribution in [3.05, 3.63) is 28.8 Å². The van der Waals surface area contributed by atoms with Crippen LogP contribution in [0.15, 0.2) is 18.2 Å². The Morgan fingerprint density at radius 1 is 0.828 bits per heavy atom. The highest BCUT2D eigenvalue weighted by molar-refractivity contribution is 6.32. The molecule has 0 aliphatic rings. The van der Waals surface area contributed by atoms with Crippen LogP contribution in [0.1, 0.15) is 96.0 Å². The molecule has 164 valence electrons. The lowest BCUT2D eigenvalue weighted by atomic mass is 10.1. The number of rotatable bonds is 16. The second kappa shape index (κ2) is 16.3. The lowest BCUT2D eigenvalue weighted by Crippen LogP contribution is -2.13. The normalized spacial score (nSPS) is 10.7. The summed E-state index contributed by atoms with van der Waals surface area (Å²) in [5.74, 6) is -0.514. The standard InChI is InChI=1S/C24H37ClO4/c1-3-4-5-6-7-8-9-10-11-12-13-18-28-23(26)16-17-24(27)29-22-19-20(2)14-15-21(22)25/h14-15,19H,3-13,16-18H2,1-2H3. The minimum Gasteiger partial charge on any atom is -0.466 e. The van der Waals surface area contributed by atoms with E-state index in [4.69, 9.17) is 21.1 Å². The van der Waals surface area contributed by atoms with Crippen molar-refractivity contribution in [2.24, 2.45) is 0 Å². The Morgan fingerprint density at radius 3 is 2.00 bits per heavy atom. The molecule has 0 saturated heterocycles. The van der Waals surface area contributed by atoms with Crippen molar-refractivity contribution in [1.29, 1.82) is 0 Å². The summed E-state index contributed by atoms with van der Waals surface area (Å²) >= 11 is 6.00. The van der Waals surface area contributed by atoms with Crippen LogP contribution >= 0.6 is 11.6 Å². The van der Waals surface area contributed by atoms with E-state index in [2.05, 4.69) is 6.92 Å². The van der Waals surface area contributed by atoms with Crippen molar-refractivity contribution in [2.75, 3.05) is 6.61 Å². The molecule has 0 amide bonds. The maximum atomic E-state index is 11.9. The fourth-order valence-electron chi connectivity index (χ4n) is 3.09. The zero-order chi connectivity index (χ0) is 21.3. The predicted molar refractivity (Wildman–Crippen MR) is 118 cm³/mol. The highest BCUT2D eigenvalue weighted by Gasteiger charge is 2.12. The van der Waals surface area contributed by atoms with E-state index in [0.717, 1.165) is 18.4 Å². The van der Waals surface area contributed by atoms with Crippen LogP contribution in [0.25, 0.3) is 0 Å². The Morgan fingerprint density at radius 2 is 1.38 bits per heavy atom. The molecule has 0 N–H and O–H groups in total. The maximum absolute atomic E-state index is 11.9. The molecule has 0 aliphatic carbocycles. The average molecular weight is 425 g/mol. The first-order valence-corrected chi connectivity index (χ1v) is 11.5. The zero-order valence-corrected chi connectivity index (χ0v) is 18.9. The molecule has 0 atom stereocenters. The lowest BCUT2D eigenvalue weighted by Gasteiger charge is -2.07. The average Bonchev–Trinajstić information content (AvgIpc) is 2.70. The fourth-order valence-corrected chi connectivity index (χ4v) is 3.25. The van der Waals surface area contributed by atoms with Gasteiger partial charge in [0.25, 0.3) is 0 Å². The van der Waals surface area contributed by atoms with Crippen molar-refractivity contribution in [1.82, 2.24) is 0 Å². The van der Waals surface area contributed by atoms with Gasteiger partial charge in [-0.1, -0.05) is 88.8 Å². The van der Waals surface area contributed by atoms with E-state index >= 15 is 0 Å². The van der Waals surface area contributed by atoms with E-state index < -0.39 is 5.97 Å². The number of unbranched alkanes of at least 4 members (excludes halogenated alkanes) is 10. The molecule has 0 unspecified atom stereocenters.